The van der Waals surface area contributed by atoms with Gasteiger partial charge in [0, 0.05) is 42.8 Å². The monoisotopic (exact) mass is 309 g/mol. The fourth-order valence-electron chi connectivity index (χ4n) is 2.48. The van der Waals surface area contributed by atoms with Gasteiger partial charge in [-0.3, -0.25) is 0 Å². The summed E-state index contributed by atoms with van der Waals surface area (Å²) in [6, 6.07) is 11.3. The van der Waals surface area contributed by atoms with E-state index in [-0.39, 0.29) is 12.1 Å². The van der Waals surface area contributed by atoms with Crippen molar-refractivity contribution in [3.05, 3.63) is 46.1 Å². The smallest absolute Gasteiger partial charge is 0.170 e. The molecule has 0 atom stereocenters. The van der Waals surface area contributed by atoms with E-state index < -0.39 is 0 Å². The van der Waals surface area contributed by atoms with Crippen molar-refractivity contribution < 1.29 is 4.74 Å². The second-order valence-corrected chi connectivity index (χ2v) is 4.72. The Hall–Kier alpha value is -3.35. The van der Waals surface area contributed by atoms with E-state index in [1.165, 1.54) is 0 Å². The number of rotatable bonds is 5. The molecule has 8 nitrogen and oxygen atoms in total. The Morgan fingerprint density at radius 1 is 1.39 bits per heavy atom. The van der Waals surface area contributed by atoms with Crippen LogP contribution in [-0.2, 0) is 0 Å². The lowest BCUT2D eigenvalue weighted by atomic mass is 10.2. The van der Waals surface area contributed by atoms with E-state index in [2.05, 4.69) is 10.0 Å². The van der Waals surface area contributed by atoms with Gasteiger partial charge in [-0.1, -0.05) is 11.2 Å². The minimum Gasteiger partial charge on any atom is -0.497 e. The van der Waals surface area contributed by atoms with Crippen LogP contribution in [0.2, 0.25) is 0 Å². The Balaban J connectivity index is 2.39. The summed E-state index contributed by atoms with van der Waals surface area (Å²) in [5.74, 6) is 1.24. The number of benzene rings is 1. The number of methoxy groups -OCH3 is 1. The van der Waals surface area contributed by atoms with Crippen LogP contribution in [0, 0.1) is 22.7 Å². The Morgan fingerprint density at radius 2 is 2.17 bits per heavy atom. The zero-order chi connectivity index (χ0) is 16.7. The molecule has 0 radical (unpaired) electrons. The van der Waals surface area contributed by atoms with Crippen molar-refractivity contribution in [3.8, 4) is 17.9 Å². The molecule has 0 unspecified atom stereocenters. The molecular formula is C15H15N7O. The minimum atomic E-state index is 0.0336. The van der Waals surface area contributed by atoms with Gasteiger partial charge in [0.2, 0.25) is 0 Å². The predicted molar refractivity (Wildman–Crippen MR) is 84.2 cm³/mol. The standard InChI is InChI=1S/C15H15N7O/c1-23-14-4-2-3-13(9-14)22-8-7-21(6-5-19-20-18)15(22)12(10-16)11-17/h2-4,9H,5-8H2,1H3. The lowest BCUT2D eigenvalue weighted by Gasteiger charge is -2.24. The van der Waals surface area contributed by atoms with Gasteiger partial charge in [-0.05, 0) is 17.7 Å². The van der Waals surface area contributed by atoms with Crippen LogP contribution < -0.4 is 9.64 Å². The highest BCUT2D eigenvalue weighted by molar-refractivity contribution is 5.60. The first kappa shape index (κ1) is 16.0. The highest BCUT2D eigenvalue weighted by atomic mass is 16.5. The average molecular weight is 309 g/mol. The second-order valence-electron chi connectivity index (χ2n) is 4.72. The van der Waals surface area contributed by atoms with Gasteiger partial charge in [-0.2, -0.15) is 10.5 Å². The second kappa shape index (κ2) is 7.60. The summed E-state index contributed by atoms with van der Waals surface area (Å²) in [6.45, 7) is 1.99. The highest BCUT2D eigenvalue weighted by Crippen LogP contribution is 2.30. The largest absolute Gasteiger partial charge is 0.497 e. The first-order valence-electron chi connectivity index (χ1n) is 6.97. The third-order valence-corrected chi connectivity index (χ3v) is 3.49. The van der Waals surface area contributed by atoms with Crippen molar-refractivity contribution in [2.24, 2.45) is 5.11 Å². The van der Waals surface area contributed by atoms with Gasteiger partial charge in [-0.25, -0.2) is 0 Å². The summed E-state index contributed by atoms with van der Waals surface area (Å²) in [5.41, 5.74) is 9.27. The molecule has 2 rings (SSSR count). The summed E-state index contributed by atoms with van der Waals surface area (Å²) >= 11 is 0. The van der Waals surface area contributed by atoms with Gasteiger partial charge in [-0.15, -0.1) is 0 Å². The number of allylic oxidation sites excluding steroid dienone is 1. The third kappa shape index (κ3) is 3.46. The van der Waals surface area contributed by atoms with Crippen LogP contribution >= 0.6 is 0 Å². The predicted octanol–water partition coefficient (Wildman–Crippen LogP) is 2.39. The Morgan fingerprint density at radius 3 is 2.83 bits per heavy atom. The first-order valence-corrected chi connectivity index (χ1v) is 6.97. The zero-order valence-corrected chi connectivity index (χ0v) is 12.7. The summed E-state index contributed by atoms with van der Waals surface area (Å²) in [7, 11) is 1.59. The van der Waals surface area contributed by atoms with Crippen LogP contribution in [0.4, 0.5) is 5.69 Å². The van der Waals surface area contributed by atoms with E-state index in [0.29, 0.717) is 31.2 Å². The average Bonchev–Trinajstić information content (AvgIpc) is 3.00. The number of anilines is 1. The summed E-state index contributed by atoms with van der Waals surface area (Å²) in [5, 5.41) is 22.0. The summed E-state index contributed by atoms with van der Waals surface area (Å²) in [6.07, 6.45) is 0. The Labute approximate surface area is 134 Å². The van der Waals surface area contributed by atoms with Gasteiger partial charge in [0.15, 0.2) is 5.57 Å². The van der Waals surface area contributed by atoms with Gasteiger partial charge < -0.3 is 14.5 Å². The molecule has 116 valence electrons. The van der Waals surface area contributed by atoms with E-state index in [9.17, 15) is 10.5 Å². The molecule has 0 amide bonds. The highest BCUT2D eigenvalue weighted by Gasteiger charge is 2.29. The van der Waals surface area contributed by atoms with Crippen LogP contribution in [0.5, 0.6) is 5.75 Å². The molecule has 1 heterocycles. The van der Waals surface area contributed by atoms with E-state index in [4.69, 9.17) is 10.3 Å². The Kier molecular flexibility index (Phi) is 5.30. The molecule has 1 saturated heterocycles. The molecule has 1 aromatic carbocycles. The van der Waals surface area contributed by atoms with Crippen LogP contribution in [-0.4, -0.2) is 38.2 Å². The van der Waals surface area contributed by atoms with Crippen molar-refractivity contribution in [3.63, 3.8) is 0 Å². The molecule has 0 N–H and O–H groups in total. The number of ether oxygens (including phenoxy) is 1. The number of hydrogen-bond acceptors (Lipinski definition) is 6. The number of hydrogen-bond donors (Lipinski definition) is 0. The van der Waals surface area contributed by atoms with Crippen LogP contribution in [0.3, 0.4) is 0 Å². The van der Waals surface area contributed by atoms with Crippen LogP contribution in [0.25, 0.3) is 10.4 Å². The fraction of sp³-hybridized carbons (Fsp3) is 0.333. The first-order chi connectivity index (χ1) is 11.2. The van der Waals surface area contributed by atoms with Gasteiger partial charge in [0.1, 0.15) is 23.7 Å². The van der Waals surface area contributed by atoms with Crippen LogP contribution in [0.15, 0.2) is 40.8 Å². The van der Waals surface area contributed by atoms with E-state index in [1.54, 1.807) is 7.11 Å². The molecule has 0 aliphatic carbocycles. The lowest BCUT2D eigenvalue weighted by Crippen LogP contribution is -2.26. The van der Waals surface area contributed by atoms with Gasteiger partial charge in [0.25, 0.3) is 0 Å². The molecule has 0 bridgehead atoms. The van der Waals surface area contributed by atoms with E-state index in [0.717, 1.165) is 5.69 Å². The fourth-order valence-corrected chi connectivity index (χ4v) is 2.48. The maximum Gasteiger partial charge on any atom is 0.170 e. The summed E-state index contributed by atoms with van der Waals surface area (Å²) in [4.78, 5) is 6.52. The number of nitrogens with zero attached hydrogens (tertiary/aromatic N) is 7. The minimum absolute atomic E-state index is 0.0336. The van der Waals surface area contributed by atoms with Gasteiger partial charge in [0.05, 0.1) is 7.11 Å². The molecule has 23 heavy (non-hydrogen) atoms. The van der Waals surface area contributed by atoms with Crippen molar-refractivity contribution in [1.29, 1.82) is 10.5 Å². The van der Waals surface area contributed by atoms with Gasteiger partial charge >= 0.3 is 0 Å². The van der Waals surface area contributed by atoms with Crippen molar-refractivity contribution in [1.82, 2.24) is 4.90 Å². The number of nitriles is 2. The summed E-state index contributed by atoms with van der Waals surface area (Å²) < 4.78 is 5.23. The maximum absolute atomic E-state index is 9.25. The molecule has 8 heteroatoms. The molecule has 0 spiro atoms. The van der Waals surface area contributed by atoms with Crippen molar-refractivity contribution in [2.45, 2.75) is 0 Å². The van der Waals surface area contributed by atoms with E-state index in [1.807, 2.05) is 46.2 Å². The topological polar surface area (TPSA) is 112 Å². The molecule has 0 saturated carbocycles. The number of azide groups is 1. The normalized spacial score (nSPS) is 13.1. The maximum atomic E-state index is 9.25. The molecule has 1 aromatic rings. The molecule has 1 aliphatic rings. The quantitative estimate of drug-likeness (QED) is 0.359. The van der Waals surface area contributed by atoms with Crippen LogP contribution in [0.1, 0.15) is 0 Å². The molecule has 0 aromatic heterocycles. The Bertz CT molecular complexity index is 721. The SMILES string of the molecule is COc1cccc(N2CCN(CCN=[N+]=[N-])C2=C(C#N)C#N)c1. The van der Waals surface area contributed by atoms with Crippen molar-refractivity contribution >= 4 is 5.69 Å². The molecule has 1 fully saturated rings. The van der Waals surface area contributed by atoms with E-state index >= 15 is 0 Å². The van der Waals surface area contributed by atoms with Crippen molar-refractivity contribution in [2.75, 3.05) is 38.2 Å². The molecule has 1 aliphatic heterocycles. The zero-order valence-electron chi connectivity index (χ0n) is 12.7. The lowest BCUT2D eigenvalue weighted by molar-refractivity contribution is 0.406. The molecular weight excluding hydrogens is 294 g/mol. The third-order valence-electron chi connectivity index (χ3n) is 3.49.